The van der Waals surface area contributed by atoms with E-state index in [0.29, 0.717) is 43.0 Å². The molecule has 3 aromatic rings. The standard InChI is InChI=1S/C23H30N4O6S2/c1-5-26(6-2)34(29,30)18-11-9-10-17(14-18)23(28)33-16-22-24-20-13-12-19(15-21(20)25-22)35(31,32)27(7-3)8-4/h9-15H,5-8,16H2,1-4H3,(H,24,25). The number of aromatic nitrogens is 2. The van der Waals surface area contributed by atoms with Gasteiger partial charge in [0.25, 0.3) is 0 Å². The van der Waals surface area contributed by atoms with E-state index in [0.717, 1.165) is 0 Å². The van der Waals surface area contributed by atoms with Gasteiger partial charge in [-0.05, 0) is 36.4 Å². The molecule has 0 aliphatic rings. The number of imidazole rings is 1. The van der Waals surface area contributed by atoms with Gasteiger partial charge in [-0.3, -0.25) is 0 Å². The molecule has 3 rings (SSSR count). The molecule has 1 N–H and O–H groups in total. The minimum atomic E-state index is -3.71. The molecule has 0 saturated heterocycles. The Morgan fingerprint density at radius 2 is 1.43 bits per heavy atom. The van der Waals surface area contributed by atoms with Crippen molar-refractivity contribution in [3.63, 3.8) is 0 Å². The van der Waals surface area contributed by atoms with E-state index in [2.05, 4.69) is 9.97 Å². The summed E-state index contributed by atoms with van der Waals surface area (Å²) < 4.78 is 59.0. The van der Waals surface area contributed by atoms with Gasteiger partial charge in [0.15, 0.2) is 0 Å². The van der Waals surface area contributed by atoms with Crippen LogP contribution in [-0.4, -0.2) is 67.6 Å². The van der Waals surface area contributed by atoms with Gasteiger partial charge in [-0.15, -0.1) is 0 Å². The number of carbonyl (C=O) groups is 1. The van der Waals surface area contributed by atoms with Crippen LogP contribution >= 0.6 is 0 Å². The van der Waals surface area contributed by atoms with Crippen molar-refractivity contribution in [2.24, 2.45) is 0 Å². The number of ether oxygens (including phenoxy) is 1. The van der Waals surface area contributed by atoms with E-state index >= 15 is 0 Å². The number of carbonyl (C=O) groups excluding carboxylic acids is 1. The first-order valence-corrected chi connectivity index (χ1v) is 14.2. The highest BCUT2D eigenvalue weighted by molar-refractivity contribution is 7.89. The Morgan fingerprint density at radius 3 is 2.00 bits per heavy atom. The summed E-state index contributed by atoms with van der Waals surface area (Å²) in [6.07, 6.45) is 0. The summed E-state index contributed by atoms with van der Waals surface area (Å²) in [6.45, 7) is 8.20. The van der Waals surface area contributed by atoms with Gasteiger partial charge in [-0.1, -0.05) is 33.8 Å². The van der Waals surface area contributed by atoms with Crippen molar-refractivity contribution in [3.8, 4) is 0 Å². The molecule has 1 aromatic heterocycles. The molecule has 0 amide bonds. The molecule has 2 aromatic carbocycles. The van der Waals surface area contributed by atoms with Gasteiger partial charge < -0.3 is 9.72 Å². The van der Waals surface area contributed by atoms with Gasteiger partial charge in [0.2, 0.25) is 20.0 Å². The first kappa shape index (κ1) is 26.8. The van der Waals surface area contributed by atoms with Crippen LogP contribution in [0.5, 0.6) is 0 Å². The maximum Gasteiger partial charge on any atom is 0.338 e. The molecule has 0 unspecified atom stereocenters. The third-order valence-electron chi connectivity index (χ3n) is 5.60. The Hall–Kier alpha value is -2.80. The summed E-state index contributed by atoms with van der Waals surface area (Å²) in [4.78, 5) is 20.1. The molecular formula is C23H30N4O6S2. The van der Waals surface area contributed by atoms with Crippen LogP contribution in [0.4, 0.5) is 0 Å². The first-order valence-electron chi connectivity index (χ1n) is 11.3. The minimum absolute atomic E-state index is 0.0151. The van der Waals surface area contributed by atoms with Crippen LogP contribution in [0.3, 0.4) is 0 Å². The van der Waals surface area contributed by atoms with Crippen molar-refractivity contribution in [3.05, 3.63) is 53.9 Å². The topological polar surface area (TPSA) is 130 Å². The number of hydrogen-bond donors (Lipinski definition) is 1. The normalized spacial score (nSPS) is 12.5. The molecule has 12 heteroatoms. The van der Waals surface area contributed by atoms with Gasteiger partial charge in [0, 0.05) is 26.2 Å². The number of nitrogens with zero attached hydrogens (tertiary/aromatic N) is 3. The fraction of sp³-hybridized carbons (Fsp3) is 0.391. The van der Waals surface area contributed by atoms with Crippen molar-refractivity contribution in [1.29, 1.82) is 0 Å². The lowest BCUT2D eigenvalue weighted by Crippen LogP contribution is -2.30. The Labute approximate surface area is 206 Å². The van der Waals surface area contributed by atoms with Gasteiger partial charge in [-0.2, -0.15) is 8.61 Å². The Balaban J connectivity index is 1.77. The van der Waals surface area contributed by atoms with Crippen molar-refractivity contribution < 1.29 is 26.4 Å². The minimum Gasteiger partial charge on any atom is -0.454 e. The van der Waals surface area contributed by atoms with E-state index in [1.165, 1.54) is 45.0 Å². The van der Waals surface area contributed by atoms with Gasteiger partial charge >= 0.3 is 5.97 Å². The number of aromatic amines is 1. The number of benzene rings is 2. The number of sulfonamides is 2. The molecule has 0 aliphatic heterocycles. The SMILES string of the molecule is CCN(CC)S(=O)(=O)c1cccc(C(=O)OCc2nc3ccc(S(=O)(=O)N(CC)CC)cc3[nH]2)c1. The largest absolute Gasteiger partial charge is 0.454 e. The monoisotopic (exact) mass is 522 g/mol. The van der Waals surface area contributed by atoms with Crippen LogP contribution in [0, 0.1) is 0 Å². The molecule has 0 radical (unpaired) electrons. The zero-order valence-corrected chi connectivity index (χ0v) is 21.8. The summed E-state index contributed by atoms with van der Waals surface area (Å²) in [6, 6.07) is 10.3. The highest BCUT2D eigenvalue weighted by Crippen LogP contribution is 2.22. The van der Waals surface area contributed by atoms with Crippen molar-refractivity contribution in [2.75, 3.05) is 26.2 Å². The molecule has 1 heterocycles. The first-order chi connectivity index (χ1) is 16.6. The predicted octanol–water partition coefficient (Wildman–Crippen LogP) is 2.98. The van der Waals surface area contributed by atoms with Gasteiger partial charge in [0.05, 0.1) is 26.4 Å². The molecule has 0 aliphatic carbocycles. The summed E-state index contributed by atoms with van der Waals surface area (Å²) in [5.74, 6) is -0.371. The van der Waals surface area contributed by atoms with Crippen LogP contribution in [0.25, 0.3) is 11.0 Å². The molecule has 0 atom stereocenters. The number of esters is 1. The van der Waals surface area contributed by atoms with Crippen LogP contribution < -0.4 is 0 Å². The zero-order valence-electron chi connectivity index (χ0n) is 20.2. The lowest BCUT2D eigenvalue weighted by Gasteiger charge is -2.18. The van der Waals surface area contributed by atoms with Crippen molar-refractivity contribution in [2.45, 2.75) is 44.1 Å². The molecule has 0 bridgehead atoms. The highest BCUT2D eigenvalue weighted by Gasteiger charge is 2.24. The van der Waals surface area contributed by atoms with Crippen molar-refractivity contribution >= 4 is 37.0 Å². The van der Waals surface area contributed by atoms with Crippen LogP contribution in [-0.2, 0) is 31.4 Å². The smallest absolute Gasteiger partial charge is 0.338 e. The fourth-order valence-corrected chi connectivity index (χ4v) is 6.69. The molecule has 0 fully saturated rings. The van der Waals surface area contributed by atoms with Crippen molar-refractivity contribution in [1.82, 2.24) is 18.6 Å². The third kappa shape index (κ3) is 5.56. The molecular weight excluding hydrogens is 492 g/mol. The van der Waals surface area contributed by atoms with E-state index < -0.39 is 26.0 Å². The summed E-state index contributed by atoms with van der Waals surface area (Å²) >= 11 is 0. The van der Waals surface area contributed by atoms with E-state index in [1.807, 2.05) is 0 Å². The van der Waals surface area contributed by atoms with E-state index in [4.69, 9.17) is 4.74 Å². The maximum atomic E-state index is 12.8. The van der Waals surface area contributed by atoms with E-state index in [9.17, 15) is 21.6 Å². The van der Waals surface area contributed by atoms with E-state index in [-0.39, 0.29) is 22.0 Å². The number of rotatable bonds is 11. The quantitative estimate of drug-likeness (QED) is 0.383. The fourth-order valence-electron chi connectivity index (χ4n) is 3.70. The lowest BCUT2D eigenvalue weighted by atomic mass is 10.2. The second kappa shape index (κ2) is 10.9. The second-order valence-electron chi connectivity index (χ2n) is 7.65. The second-order valence-corrected chi connectivity index (χ2v) is 11.5. The molecule has 0 spiro atoms. The maximum absolute atomic E-state index is 12.8. The number of H-pyrrole nitrogens is 1. The molecule has 35 heavy (non-hydrogen) atoms. The average molecular weight is 523 g/mol. The third-order valence-corrected chi connectivity index (χ3v) is 9.69. The molecule has 0 saturated carbocycles. The van der Waals surface area contributed by atoms with Crippen LogP contribution in [0.15, 0.2) is 52.3 Å². The number of nitrogens with one attached hydrogen (secondary N) is 1. The van der Waals surface area contributed by atoms with Gasteiger partial charge in [-0.25, -0.2) is 26.6 Å². The van der Waals surface area contributed by atoms with E-state index in [1.54, 1.807) is 33.8 Å². The average Bonchev–Trinajstić information content (AvgIpc) is 3.26. The summed E-state index contributed by atoms with van der Waals surface area (Å²) in [5, 5.41) is 0. The Morgan fingerprint density at radius 1 is 0.857 bits per heavy atom. The molecule has 10 nitrogen and oxygen atoms in total. The summed E-state index contributed by atoms with van der Waals surface area (Å²) in [5.41, 5.74) is 1.13. The Kier molecular flexibility index (Phi) is 8.31. The number of hydrogen-bond acceptors (Lipinski definition) is 7. The lowest BCUT2D eigenvalue weighted by molar-refractivity contribution is 0.0463. The number of fused-ring (bicyclic) bond motifs is 1. The zero-order chi connectivity index (χ0) is 25.8. The van der Waals surface area contributed by atoms with Crippen LogP contribution in [0.1, 0.15) is 43.9 Å². The summed E-state index contributed by atoms with van der Waals surface area (Å²) in [7, 11) is -7.34. The van der Waals surface area contributed by atoms with Gasteiger partial charge in [0.1, 0.15) is 12.4 Å². The van der Waals surface area contributed by atoms with Crippen LogP contribution in [0.2, 0.25) is 0 Å². The predicted molar refractivity (Wildman–Crippen MR) is 132 cm³/mol. The highest BCUT2D eigenvalue weighted by atomic mass is 32.2. The Bertz CT molecular complexity index is 1410. The molecule has 190 valence electrons.